The number of piperidine rings is 2. The van der Waals surface area contributed by atoms with E-state index < -0.39 is 11.5 Å². The summed E-state index contributed by atoms with van der Waals surface area (Å²) in [5.74, 6) is -2.56. The molecule has 1 N–H and O–H groups in total. The van der Waals surface area contributed by atoms with E-state index in [2.05, 4.69) is 40.4 Å². The number of halogens is 2. The summed E-state index contributed by atoms with van der Waals surface area (Å²) in [5, 5.41) is 3.45. The van der Waals surface area contributed by atoms with Gasteiger partial charge in [-0.2, -0.15) is 0 Å². The van der Waals surface area contributed by atoms with Gasteiger partial charge in [-0.15, -0.1) is 0 Å². The van der Waals surface area contributed by atoms with Crippen molar-refractivity contribution in [2.24, 2.45) is 0 Å². The lowest BCUT2D eigenvalue weighted by atomic mass is 9.99. The van der Waals surface area contributed by atoms with Crippen molar-refractivity contribution in [3.8, 4) is 0 Å². The number of rotatable bonds is 2. The molecule has 4 aliphatic rings. The number of piperazine rings is 1. The average Bonchev–Trinajstić information content (AvgIpc) is 3.33. The normalized spacial score (nSPS) is 23.1. The Morgan fingerprint density at radius 2 is 1.76 bits per heavy atom. The fraction of sp³-hybridized carbons (Fsp3) is 0.750. The molecule has 7 nitrogen and oxygen atoms in total. The van der Waals surface area contributed by atoms with Crippen LogP contribution in [-0.4, -0.2) is 104 Å². The molecule has 0 saturated carbocycles. The zero-order chi connectivity index (χ0) is 26.6. The van der Waals surface area contributed by atoms with Gasteiger partial charge in [-0.25, -0.2) is 13.6 Å². The molecule has 0 bridgehead atoms. The molecular weight excluding hydrogens is 476 g/mol. The van der Waals surface area contributed by atoms with Crippen LogP contribution in [-0.2, 0) is 11.2 Å². The van der Waals surface area contributed by atoms with Crippen molar-refractivity contribution in [1.82, 2.24) is 14.7 Å². The van der Waals surface area contributed by atoms with Gasteiger partial charge in [-0.3, -0.25) is 4.90 Å². The maximum absolute atomic E-state index is 13.5. The Morgan fingerprint density at radius 1 is 1.05 bits per heavy atom. The molecule has 4 aliphatic heterocycles. The van der Waals surface area contributed by atoms with E-state index in [-0.39, 0.29) is 25.1 Å². The number of benzene rings is 1. The van der Waals surface area contributed by atoms with Crippen LogP contribution in [0, 0.1) is 0 Å². The van der Waals surface area contributed by atoms with Crippen molar-refractivity contribution in [2.45, 2.75) is 70.4 Å². The molecule has 9 heteroatoms. The van der Waals surface area contributed by atoms with Gasteiger partial charge in [0.05, 0.1) is 6.54 Å². The molecular formula is C28H45F2N5O2. The first-order valence-electron chi connectivity index (χ1n) is 13.9. The van der Waals surface area contributed by atoms with E-state index in [4.69, 9.17) is 4.74 Å². The lowest BCUT2D eigenvalue weighted by Gasteiger charge is -2.42. The summed E-state index contributed by atoms with van der Waals surface area (Å²) in [4.78, 5) is 20.5. The van der Waals surface area contributed by atoms with Crippen LogP contribution < -0.4 is 10.2 Å². The predicted octanol–water partition coefficient (Wildman–Crippen LogP) is 4.52. The molecule has 0 spiro atoms. The third-order valence-corrected chi connectivity index (χ3v) is 7.74. The number of hydrogen-bond donors (Lipinski definition) is 1. The monoisotopic (exact) mass is 521 g/mol. The Morgan fingerprint density at radius 3 is 2.41 bits per heavy atom. The summed E-state index contributed by atoms with van der Waals surface area (Å²) in [5.41, 5.74) is 3.82. The number of likely N-dealkylation sites (N-methyl/N-ethyl adjacent to an activating group) is 1. The third-order valence-electron chi connectivity index (χ3n) is 7.74. The van der Waals surface area contributed by atoms with E-state index in [0.717, 1.165) is 39.0 Å². The van der Waals surface area contributed by atoms with Crippen molar-refractivity contribution in [2.75, 3.05) is 76.2 Å². The molecule has 4 heterocycles. The average molecular weight is 522 g/mol. The maximum Gasteiger partial charge on any atom is 0.410 e. The van der Waals surface area contributed by atoms with Crippen molar-refractivity contribution < 1.29 is 18.3 Å². The number of nitrogens with zero attached hydrogens (tertiary/aromatic N) is 4. The number of carbonyl (C=O) groups is 1. The lowest BCUT2D eigenvalue weighted by Crippen LogP contribution is -2.52. The highest BCUT2D eigenvalue weighted by molar-refractivity contribution is 5.69. The van der Waals surface area contributed by atoms with Gasteiger partial charge in [0.2, 0.25) is 0 Å². The van der Waals surface area contributed by atoms with Crippen molar-refractivity contribution in [3.05, 3.63) is 23.8 Å². The fourth-order valence-corrected chi connectivity index (χ4v) is 5.72. The van der Waals surface area contributed by atoms with Gasteiger partial charge in [0.1, 0.15) is 5.60 Å². The van der Waals surface area contributed by atoms with Crippen LogP contribution in [0.3, 0.4) is 0 Å². The van der Waals surface area contributed by atoms with E-state index in [0.29, 0.717) is 19.5 Å². The minimum absolute atomic E-state index is 0.000252. The van der Waals surface area contributed by atoms with E-state index in [1.807, 2.05) is 25.7 Å². The van der Waals surface area contributed by atoms with E-state index in [1.54, 1.807) is 4.90 Å². The van der Waals surface area contributed by atoms with Gasteiger partial charge >= 0.3 is 6.09 Å². The largest absolute Gasteiger partial charge is 0.444 e. The summed E-state index contributed by atoms with van der Waals surface area (Å²) < 4.78 is 32.3. The van der Waals surface area contributed by atoms with Crippen LogP contribution in [0.25, 0.3) is 0 Å². The summed E-state index contributed by atoms with van der Waals surface area (Å²) in [6.07, 6.45) is 2.92. The number of nitrogens with one attached hydrogen (secondary N) is 1. The second-order valence-corrected chi connectivity index (χ2v) is 11.9. The minimum Gasteiger partial charge on any atom is -0.444 e. The summed E-state index contributed by atoms with van der Waals surface area (Å²) in [6, 6.07) is 6.80. The Balaban J connectivity index is 0.000000179. The van der Waals surface area contributed by atoms with Crippen molar-refractivity contribution in [1.29, 1.82) is 0 Å². The Hall–Kier alpha value is -2.13. The zero-order valence-corrected chi connectivity index (χ0v) is 23.1. The summed E-state index contributed by atoms with van der Waals surface area (Å²) in [6.45, 7) is 13.1. The van der Waals surface area contributed by atoms with Gasteiger partial charge in [0.15, 0.2) is 0 Å². The lowest BCUT2D eigenvalue weighted by molar-refractivity contribution is -0.0810. The van der Waals surface area contributed by atoms with E-state index in [1.165, 1.54) is 36.4 Å². The van der Waals surface area contributed by atoms with E-state index >= 15 is 0 Å². The predicted molar refractivity (Wildman–Crippen MR) is 145 cm³/mol. The molecule has 3 saturated heterocycles. The molecule has 1 aromatic carbocycles. The second-order valence-electron chi connectivity index (χ2n) is 11.9. The summed E-state index contributed by atoms with van der Waals surface area (Å²) >= 11 is 0. The number of hydrogen-bond acceptors (Lipinski definition) is 6. The fourth-order valence-electron chi connectivity index (χ4n) is 5.72. The number of carbonyl (C=O) groups excluding carboxylic acids is 1. The number of likely N-dealkylation sites (tertiary alicyclic amines) is 2. The minimum atomic E-state index is -2.56. The number of fused-ring (bicyclic) bond motifs is 1. The van der Waals surface area contributed by atoms with Crippen molar-refractivity contribution >= 4 is 17.5 Å². The molecule has 5 rings (SSSR count). The molecule has 3 fully saturated rings. The quantitative estimate of drug-likeness (QED) is 0.618. The van der Waals surface area contributed by atoms with Crippen LogP contribution >= 0.6 is 0 Å². The first-order valence-corrected chi connectivity index (χ1v) is 13.9. The number of ether oxygens (including phenoxy) is 1. The van der Waals surface area contributed by atoms with Crippen molar-refractivity contribution in [3.63, 3.8) is 0 Å². The van der Waals surface area contributed by atoms with Crippen LogP contribution in [0.1, 0.15) is 52.0 Å². The topological polar surface area (TPSA) is 51.3 Å². The van der Waals surface area contributed by atoms with Crippen LogP contribution in [0.5, 0.6) is 0 Å². The Kier molecular flexibility index (Phi) is 8.84. The standard InChI is InChI=1S/C15H26F2N2O2.C13H19N3/c1-14(2,3)21-13(20)18-9-5-12(6-10-18)19-8-4-7-15(16,17)11-19;1-15-7-9-16(10-8-15)13-4-2-3-12-11(13)5-6-14-12/h12H,4-11H2,1-3H3;2-4,14H,5-10H2,1H3. The molecule has 208 valence electrons. The van der Waals surface area contributed by atoms with Gasteiger partial charge < -0.3 is 24.8 Å². The van der Waals surface area contributed by atoms with Crippen LogP contribution in [0.2, 0.25) is 0 Å². The van der Waals surface area contributed by atoms with Gasteiger partial charge in [0, 0.05) is 75.2 Å². The maximum atomic E-state index is 13.5. The highest BCUT2D eigenvalue weighted by Gasteiger charge is 2.39. The molecule has 37 heavy (non-hydrogen) atoms. The first kappa shape index (κ1) is 27.9. The van der Waals surface area contributed by atoms with Gasteiger partial charge in [0.25, 0.3) is 5.92 Å². The molecule has 1 aromatic rings. The smallest absolute Gasteiger partial charge is 0.410 e. The van der Waals surface area contributed by atoms with Crippen LogP contribution in [0.15, 0.2) is 18.2 Å². The molecule has 0 unspecified atom stereocenters. The number of alkyl halides is 2. The molecule has 0 aromatic heterocycles. The van der Waals surface area contributed by atoms with E-state index in [9.17, 15) is 13.6 Å². The van der Waals surface area contributed by atoms with Gasteiger partial charge in [-0.05, 0) is 72.2 Å². The van der Waals surface area contributed by atoms with Gasteiger partial charge in [-0.1, -0.05) is 6.07 Å². The number of amides is 1. The Bertz CT molecular complexity index is 906. The molecule has 0 aliphatic carbocycles. The highest BCUT2D eigenvalue weighted by atomic mass is 19.3. The molecule has 1 amide bonds. The molecule has 0 radical (unpaired) electrons. The Labute approximate surface area is 221 Å². The summed E-state index contributed by atoms with van der Waals surface area (Å²) in [7, 11) is 2.20. The second kappa shape index (κ2) is 11.7. The number of anilines is 2. The van der Waals surface area contributed by atoms with Crippen LogP contribution in [0.4, 0.5) is 25.0 Å². The zero-order valence-electron chi connectivity index (χ0n) is 23.1. The first-order chi connectivity index (χ1) is 17.5. The molecule has 0 atom stereocenters. The third kappa shape index (κ3) is 7.69. The SMILES string of the molecule is CC(C)(C)OC(=O)N1CCC(N2CCCC(F)(F)C2)CC1.CN1CCN(c2cccc3c2CCN3)CC1. The highest BCUT2D eigenvalue weighted by Crippen LogP contribution is 2.32.